The summed E-state index contributed by atoms with van der Waals surface area (Å²) in [5.74, 6) is -2.03. The highest BCUT2D eigenvalue weighted by Crippen LogP contribution is 2.40. The Labute approximate surface area is 197 Å². The fourth-order valence-corrected chi connectivity index (χ4v) is 5.54. The molecule has 4 rings (SSSR count). The van der Waals surface area contributed by atoms with Crippen LogP contribution in [0.1, 0.15) is 12.1 Å². The predicted octanol–water partition coefficient (Wildman–Crippen LogP) is 0.00630. The number of carboxylic acid groups (broad SMARTS) is 1. The molecule has 33 heavy (non-hydrogen) atoms. The minimum Gasteiger partial charge on any atom is -0.477 e. The summed E-state index contributed by atoms with van der Waals surface area (Å²) in [6.45, 7) is 0.782. The fourth-order valence-electron chi connectivity index (χ4n) is 3.67. The molecule has 0 saturated carbocycles. The van der Waals surface area contributed by atoms with Crippen molar-refractivity contribution in [2.75, 3.05) is 32.2 Å². The van der Waals surface area contributed by atoms with Gasteiger partial charge in [0.15, 0.2) is 10.8 Å². The van der Waals surface area contributed by atoms with E-state index in [1.165, 1.54) is 23.8 Å². The highest BCUT2D eigenvalue weighted by Gasteiger charge is 2.54. The van der Waals surface area contributed by atoms with Gasteiger partial charge in [-0.25, -0.2) is 9.78 Å². The number of aliphatic carboxylic acids is 1. The molecule has 1 unspecified atom stereocenters. The molecule has 1 aromatic heterocycles. The van der Waals surface area contributed by atoms with Crippen molar-refractivity contribution in [3.63, 3.8) is 0 Å². The Morgan fingerprint density at radius 1 is 1.48 bits per heavy atom. The number of nitrogen functional groups attached to an aromatic ring is 1. The van der Waals surface area contributed by atoms with E-state index in [4.69, 9.17) is 15.4 Å². The minimum absolute atomic E-state index is 0.0880. The second-order valence-corrected chi connectivity index (χ2v) is 9.37. The first-order chi connectivity index (χ1) is 15.8. The van der Waals surface area contributed by atoms with Crippen molar-refractivity contribution < 1.29 is 29.2 Å². The van der Waals surface area contributed by atoms with E-state index < -0.39 is 29.2 Å². The van der Waals surface area contributed by atoms with E-state index in [-0.39, 0.29) is 28.3 Å². The zero-order valence-electron chi connectivity index (χ0n) is 17.8. The molecule has 4 N–H and O–H groups in total. The van der Waals surface area contributed by atoms with Gasteiger partial charge in [-0.1, -0.05) is 17.3 Å². The van der Waals surface area contributed by atoms with Crippen molar-refractivity contribution in [3.05, 3.63) is 34.5 Å². The van der Waals surface area contributed by atoms with Crippen molar-refractivity contribution in [2.45, 2.75) is 23.9 Å². The van der Waals surface area contributed by atoms with Crippen molar-refractivity contribution in [2.24, 2.45) is 5.16 Å². The molecule has 0 aromatic carbocycles. The highest BCUT2D eigenvalue weighted by atomic mass is 32.2. The van der Waals surface area contributed by atoms with Gasteiger partial charge in [0.1, 0.15) is 29.9 Å². The third-order valence-corrected chi connectivity index (χ3v) is 7.18. The number of oxime groups is 1. The number of hydrogen-bond acceptors (Lipinski definition) is 11. The van der Waals surface area contributed by atoms with E-state index in [2.05, 4.69) is 15.5 Å². The molecule has 176 valence electrons. The number of nitrogens with one attached hydrogen (secondary N) is 1. The number of thioether (sulfide) groups is 1. The summed E-state index contributed by atoms with van der Waals surface area (Å²) in [6.07, 6.45) is 4.16. The monoisotopic (exact) mass is 494 g/mol. The minimum atomic E-state index is -1.21. The van der Waals surface area contributed by atoms with Crippen molar-refractivity contribution in [1.29, 1.82) is 0 Å². The molecular formula is C19H22N6O6S2. The number of thiazole rings is 1. The summed E-state index contributed by atoms with van der Waals surface area (Å²) in [7, 11) is 3.11. The summed E-state index contributed by atoms with van der Waals surface area (Å²) < 4.78 is 0. The van der Waals surface area contributed by atoms with Gasteiger partial charge in [-0.2, -0.15) is 5.06 Å². The second kappa shape index (κ2) is 9.51. The first-order valence-corrected chi connectivity index (χ1v) is 11.8. The first kappa shape index (κ1) is 23.2. The van der Waals surface area contributed by atoms with E-state index in [0.717, 1.165) is 24.3 Å². The van der Waals surface area contributed by atoms with Crippen LogP contribution in [0.2, 0.25) is 0 Å². The number of anilines is 1. The Morgan fingerprint density at radius 3 is 2.88 bits per heavy atom. The number of aromatic nitrogens is 1. The van der Waals surface area contributed by atoms with Gasteiger partial charge in [0.2, 0.25) is 0 Å². The molecule has 14 heteroatoms. The number of rotatable bonds is 7. The Kier molecular flexibility index (Phi) is 6.69. The Balaban J connectivity index is 1.50. The van der Waals surface area contributed by atoms with Gasteiger partial charge in [0, 0.05) is 24.7 Å². The van der Waals surface area contributed by atoms with Crippen LogP contribution in [-0.4, -0.2) is 87.5 Å². The van der Waals surface area contributed by atoms with Crippen LogP contribution in [0.15, 0.2) is 34.0 Å². The molecule has 3 aliphatic rings. The molecule has 4 heterocycles. The van der Waals surface area contributed by atoms with Crippen LogP contribution in [0, 0.1) is 0 Å². The zero-order chi connectivity index (χ0) is 23.7. The van der Waals surface area contributed by atoms with Crippen LogP contribution in [-0.2, 0) is 24.1 Å². The molecule has 2 saturated heterocycles. The smallest absolute Gasteiger partial charge is 0.352 e. The lowest BCUT2D eigenvalue weighted by Gasteiger charge is -2.49. The number of amides is 2. The molecule has 2 amide bonds. The number of carbonyl (C=O) groups is 3. The van der Waals surface area contributed by atoms with Gasteiger partial charge in [-0.15, -0.1) is 23.1 Å². The Morgan fingerprint density at radius 2 is 2.27 bits per heavy atom. The maximum atomic E-state index is 12.9. The van der Waals surface area contributed by atoms with Crippen molar-refractivity contribution in [3.8, 4) is 0 Å². The number of hydrogen-bond donors (Lipinski definition) is 3. The topological polar surface area (TPSA) is 160 Å². The average Bonchev–Trinajstić information content (AvgIpc) is 3.40. The number of fused-ring (bicyclic) bond motifs is 1. The molecule has 2 fully saturated rings. The summed E-state index contributed by atoms with van der Waals surface area (Å²) in [5.41, 5.74) is 6.14. The molecule has 3 aliphatic heterocycles. The lowest BCUT2D eigenvalue weighted by molar-refractivity contribution is -0.150. The van der Waals surface area contributed by atoms with E-state index in [1.807, 2.05) is 7.05 Å². The van der Waals surface area contributed by atoms with E-state index in [1.54, 1.807) is 22.6 Å². The average molecular weight is 495 g/mol. The molecule has 0 spiro atoms. The molecular weight excluding hydrogens is 472 g/mol. The quantitative estimate of drug-likeness (QED) is 0.268. The summed E-state index contributed by atoms with van der Waals surface area (Å²) in [4.78, 5) is 53.2. The lowest BCUT2D eigenvalue weighted by atomic mass is 10.0. The Hall–Kier alpha value is -2.94. The molecule has 0 radical (unpaired) electrons. The van der Waals surface area contributed by atoms with Gasteiger partial charge < -0.3 is 21.0 Å². The maximum absolute atomic E-state index is 12.9. The number of hydroxylamine groups is 2. The summed E-state index contributed by atoms with van der Waals surface area (Å²) in [5, 5.41) is 19.1. The van der Waals surface area contributed by atoms with Crippen LogP contribution in [0.5, 0.6) is 0 Å². The van der Waals surface area contributed by atoms with Gasteiger partial charge in [0.05, 0.1) is 6.10 Å². The van der Waals surface area contributed by atoms with Crippen molar-refractivity contribution >= 4 is 51.7 Å². The summed E-state index contributed by atoms with van der Waals surface area (Å²) in [6, 6.07) is -0.910. The zero-order valence-corrected chi connectivity index (χ0v) is 19.4. The Bertz CT molecular complexity index is 1070. The lowest BCUT2D eigenvalue weighted by Crippen LogP contribution is -2.71. The van der Waals surface area contributed by atoms with Crippen LogP contribution < -0.4 is 11.1 Å². The fraction of sp³-hybridized carbons (Fsp3) is 0.421. The van der Waals surface area contributed by atoms with Crippen LogP contribution in [0.25, 0.3) is 0 Å². The van der Waals surface area contributed by atoms with Gasteiger partial charge in [-0.3, -0.25) is 19.3 Å². The maximum Gasteiger partial charge on any atom is 0.352 e. The number of carboxylic acids is 1. The largest absolute Gasteiger partial charge is 0.477 e. The first-order valence-electron chi connectivity index (χ1n) is 9.90. The standard InChI is InChI=1S/C19H22N6O6S2/c1-24-6-5-10(31-24)4-3-9-7-32-17-13(16(27)25(17)14(9)18(28)29)22-15(26)12(23-30-2)11-8-33-19(20)21-11/h3-4,8,10,13,17H,5-7H2,1-2H3,(H2,20,21)(H,22,26)(H,28,29)/b4-3+,23-12-/t10?,13-,17+/m1/s1. The third-order valence-electron chi connectivity index (χ3n) is 5.21. The van der Waals surface area contributed by atoms with E-state index in [0.29, 0.717) is 11.3 Å². The number of allylic oxidation sites excluding steroid dienone is 1. The SMILES string of the molecule is CO/N=C(\C(=O)N[C@@H]1C(=O)N2C(C(=O)O)=C(/C=C/C3CCN(C)O3)CS[C@@H]12)c1csc(N)n1. The van der Waals surface area contributed by atoms with Crippen molar-refractivity contribution in [1.82, 2.24) is 20.3 Å². The van der Waals surface area contributed by atoms with E-state index in [9.17, 15) is 19.5 Å². The normalized spacial score (nSPS) is 25.9. The number of nitrogens with zero attached hydrogens (tertiary/aromatic N) is 4. The summed E-state index contributed by atoms with van der Waals surface area (Å²) >= 11 is 2.50. The molecule has 0 bridgehead atoms. The number of carbonyl (C=O) groups excluding carboxylic acids is 2. The van der Waals surface area contributed by atoms with Crippen LogP contribution in [0.4, 0.5) is 5.13 Å². The van der Waals surface area contributed by atoms with Crippen LogP contribution >= 0.6 is 23.1 Å². The molecule has 1 aromatic rings. The molecule has 12 nitrogen and oxygen atoms in total. The second-order valence-electron chi connectivity index (χ2n) is 7.38. The van der Waals surface area contributed by atoms with Gasteiger partial charge in [-0.05, 0) is 12.0 Å². The predicted molar refractivity (Wildman–Crippen MR) is 121 cm³/mol. The van der Waals surface area contributed by atoms with Gasteiger partial charge >= 0.3 is 5.97 Å². The molecule has 3 atom stereocenters. The number of nitrogens with two attached hydrogens (primary N) is 1. The molecule has 0 aliphatic carbocycles. The highest BCUT2D eigenvalue weighted by molar-refractivity contribution is 8.00. The van der Waals surface area contributed by atoms with E-state index >= 15 is 0 Å². The third kappa shape index (κ3) is 4.59. The van der Waals surface area contributed by atoms with Gasteiger partial charge in [0.25, 0.3) is 11.8 Å². The number of β-lactam (4-membered cyclic amide) rings is 1. The van der Waals surface area contributed by atoms with Crippen LogP contribution in [0.3, 0.4) is 0 Å².